The van der Waals surface area contributed by atoms with Crippen molar-refractivity contribution in [1.29, 1.82) is 0 Å². The summed E-state index contributed by atoms with van der Waals surface area (Å²) in [4.78, 5) is 13.0. The van der Waals surface area contributed by atoms with Gasteiger partial charge in [0.15, 0.2) is 0 Å². The van der Waals surface area contributed by atoms with E-state index in [9.17, 15) is 4.79 Å². The Morgan fingerprint density at radius 3 is 2.50 bits per heavy atom. The van der Waals surface area contributed by atoms with Crippen LogP contribution in [0.1, 0.15) is 5.56 Å². The molecule has 0 aromatic heterocycles. The summed E-state index contributed by atoms with van der Waals surface area (Å²) >= 11 is 0. The number of nitrogens with zero attached hydrogens (tertiary/aromatic N) is 1. The first-order chi connectivity index (χ1) is 7.63. The summed E-state index contributed by atoms with van der Waals surface area (Å²) in [7, 11) is 3.27. The number of methoxy groups -OCH3 is 1. The third-order valence-electron chi connectivity index (χ3n) is 2.17. The van der Waals surface area contributed by atoms with Gasteiger partial charge in [0.1, 0.15) is 5.75 Å². The third-order valence-corrected chi connectivity index (χ3v) is 2.17. The number of benzene rings is 1. The first kappa shape index (κ1) is 12.5. The van der Waals surface area contributed by atoms with E-state index in [-0.39, 0.29) is 6.09 Å². The van der Waals surface area contributed by atoms with Crippen LogP contribution in [0.4, 0.5) is 4.79 Å². The number of carbonyl (C=O) groups excluding carboxylic acids is 1. The fraction of sp³-hybridized carbons (Fsp3) is 0.417. The molecule has 0 heterocycles. The van der Waals surface area contributed by atoms with Gasteiger partial charge in [0.25, 0.3) is 0 Å². The highest BCUT2D eigenvalue weighted by Crippen LogP contribution is 2.12. The fourth-order valence-corrected chi connectivity index (χ4v) is 1.10. The van der Waals surface area contributed by atoms with Crippen molar-refractivity contribution in [2.24, 2.45) is 0 Å². The van der Waals surface area contributed by atoms with Gasteiger partial charge in [0.2, 0.25) is 0 Å². The average Bonchev–Trinajstić information content (AvgIpc) is 2.29. The second-order valence-corrected chi connectivity index (χ2v) is 3.60. The quantitative estimate of drug-likeness (QED) is 0.784. The van der Waals surface area contributed by atoms with E-state index in [1.165, 1.54) is 4.90 Å². The van der Waals surface area contributed by atoms with Crippen molar-refractivity contribution in [3.63, 3.8) is 0 Å². The molecule has 1 aromatic carbocycles. The zero-order chi connectivity index (χ0) is 12.0. The van der Waals surface area contributed by atoms with E-state index in [2.05, 4.69) is 0 Å². The van der Waals surface area contributed by atoms with Crippen molar-refractivity contribution in [1.82, 2.24) is 4.90 Å². The molecule has 0 bridgehead atoms. The maximum absolute atomic E-state index is 11.6. The molecule has 4 nitrogen and oxygen atoms in total. The summed E-state index contributed by atoms with van der Waals surface area (Å²) < 4.78 is 10.0. The predicted molar refractivity (Wildman–Crippen MR) is 61.7 cm³/mol. The number of rotatable bonds is 4. The van der Waals surface area contributed by atoms with E-state index in [1.54, 1.807) is 26.3 Å². The Kier molecular flexibility index (Phi) is 4.79. The molecule has 0 saturated heterocycles. The molecule has 0 saturated carbocycles. The monoisotopic (exact) mass is 223 g/mol. The van der Waals surface area contributed by atoms with Gasteiger partial charge in [0.05, 0.1) is 6.61 Å². The van der Waals surface area contributed by atoms with Crippen molar-refractivity contribution < 1.29 is 14.3 Å². The molecule has 0 N–H and O–H groups in total. The largest absolute Gasteiger partial charge is 0.415 e. The van der Waals surface area contributed by atoms with Gasteiger partial charge < -0.3 is 14.4 Å². The van der Waals surface area contributed by atoms with E-state index in [4.69, 9.17) is 9.47 Å². The van der Waals surface area contributed by atoms with Crippen LogP contribution >= 0.6 is 0 Å². The second-order valence-electron chi connectivity index (χ2n) is 3.60. The van der Waals surface area contributed by atoms with Crippen LogP contribution < -0.4 is 4.74 Å². The maximum atomic E-state index is 11.6. The molecule has 0 aliphatic carbocycles. The molecule has 0 spiro atoms. The Morgan fingerprint density at radius 2 is 1.94 bits per heavy atom. The first-order valence-electron chi connectivity index (χ1n) is 5.12. The van der Waals surface area contributed by atoms with Gasteiger partial charge in [0, 0.05) is 20.7 Å². The number of hydrogen-bond donors (Lipinski definition) is 0. The minimum absolute atomic E-state index is 0.374. The molecule has 16 heavy (non-hydrogen) atoms. The molecule has 4 heteroatoms. The molecular weight excluding hydrogens is 206 g/mol. The lowest BCUT2D eigenvalue weighted by molar-refractivity contribution is 0.135. The minimum Gasteiger partial charge on any atom is -0.410 e. The molecule has 0 radical (unpaired) electrons. The number of likely N-dealkylation sites (N-methyl/N-ethyl adjacent to an activating group) is 1. The summed E-state index contributed by atoms with van der Waals surface area (Å²) in [5, 5.41) is 0. The van der Waals surface area contributed by atoms with Gasteiger partial charge in [-0.25, -0.2) is 4.79 Å². The average molecular weight is 223 g/mol. The molecule has 88 valence electrons. The first-order valence-corrected chi connectivity index (χ1v) is 5.12. The lowest BCUT2D eigenvalue weighted by atomic mass is 10.2. The summed E-state index contributed by atoms with van der Waals surface area (Å²) in [6.07, 6.45) is -0.374. The number of hydrogen-bond acceptors (Lipinski definition) is 3. The van der Waals surface area contributed by atoms with E-state index in [0.717, 1.165) is 5.56 Å². The normalized spacial score (nSPS) is 9.94. The van der Waals surface area contributed by atoms with Crippen LogP contribution in [0.5, 0.6) is 5.75 Å². The number of aryl methyl sites for hydroxylation is 1. The highest BCUT2D eigenvalue weighted by molar-refractivity contribution is 5.70. The molecular formula is C12H17NO3. The Balaban J connectivity index is 2.47. The van der Waals surface area contributed by atoms with E-state index in [0.29, 0.717) is 18.9 Å². The van der Waals surface area contributed by atoms with E-state index < -0.39 is 0 Å². The molecule has 1 amide bonds. The summed E-state index contributed by atoms with van der Waals surface area (Å²) in [6, 6.07) is 7.35. The predicted octanol–water partition coefficient (Wildman–Crippen LogP) is 2.07. The van der Waals surface area contributed by atoms with E-state index in [1.807, 2.05) is 19.1 Å². The zero-order valence-electron chi connectivity index (χ0n) is 9.90. The van der Waals surface area contributed by atoms with Crippen molar-refractivity contribution in [2.45, 2.75) is 6.92 Å². The number of carbonyl (C=O) groups is 1. The lowest BCUT2D eigenvalue weighted by Crippen LogP contribution is -2.32. The fourth-order valence-electron chi connectivity index (χ4n) is 1.10. The van der Waals surface area contributed by atoms with Gasteiger partial charge in [-0.2, -0.15) is 0 Å². The molecule has 0 fully saturated rings. The van der Waals surface area contributed by atoms with Crippen molar-refractivity contribution in [2.75, 3.05) is 27.3 Å². The molecule has 0 aliphatic rings. The molecule has 1 aromatic rings. The Hall–Kier alpha value is -1.55. The van der Waals surface area contributed by atoms with Crippen LogP contribution in [-0.4, -0.2) is 38.3 Å². The second kappa shape index (κ2) is 6.12. The Morgan fingerprint density at radius 1 is 1.31 bits per heavy atom. The van der Waals surface area contributed by atoms with Gasteiger partial charge >= 0.3 is 6.09 Å². The van der Waals surface area contributed by atoms with Crippen LogP contribution in [0.15, 0.2) is 24.3 Å². The van der Waals surface area contributed by atoms with Gasteiger partial charge in [-0.3, -0.25) is 0 Å². The minimum atomic E-state index is -0.374. The van der Waals surface area contributed by atoms with Gasteiger partial charge in [-0.05, 0) is 19.1 Å². The Bertz CT molecular complexity index is 335. The summed E-state index contributed by atoms with van der Waals surface area (Å²) in [5.74, 6) is 0.555. The van der Waals surface area contributed by atoms with Crippen molar-refractivity contribution >= 4 is 6.09 Å². The van der Waals surface area contributed by atoms with Crippen LogP contribution in [0.25, 0.3) is 0 Å². The maximum Gasteiger partial charge on any atom is 0.415 e. The summed E-state index contributed by atoms with van der Waals surface area (Å²) in [5.41, 5.74) is 1.13. The topological polar surface area (TPSA) is 38.8 Å². The third kappa shape index (κ3) is 3.90. The van der Waals surface area contributed by atoms with Crippen LogP contribution in [-0.2, 0) is 4.74 Å². The molecule has 1 rings (SSSR count). The number of amides is 1. The van der Waals surface area contributed by atoms with Crippen molar-refractivity contribution in [3.8, 4) is 5.75 Å². The van der Waals surface area contributed by atoms with E-state index >= 15 is 0 Å². The molecule has 0 atom stereocenters. The van der Waals surface area contributed by atoms with Crippen LogP contribution in [0.3, 0.4) is 0 Å². The van der Waals surface area contributed by atoms with Crippen LogP contribution in [0.2, 0.25) is 0 Å². The lowest BCUT2D eigenvalue weighted by Gasteiger charge is -2.16. The molecule has 0 unspecified atom stereocenters. The van der Waals surface area contributed by atoms with Crippen LogP contribution in [0, 0.1) is 6.92 Å². The smallest absolute Gasteiger partial charge is 0.410 e. The zero-order valence-corrected chi connectivity index (χ0v) is 9.90. The van der Waals surface area contributed by atoms with Crippen molar-refractivity contribution in [3.05, 3.63) is 29.8 Å². The Labute approximate surface area is 95.8 Å². The highest BCUT2D eigenvalue weighted by atomic mass is 16.6. The summed E-state index contributed by atoms with van der Waals surface area (Å²) in [6.45, 7) is 3.00. The SMILES string of the molecule is COCCN(C)C(=O)Oc1ccc(C)cc1. The standard InChI is InChI=1S/C12H17NO3/c1-10-4-6-11(7-5-10)16-12(14)13(2)8-9-15-3/h4-7H,8-9H2,1-3H3. The van der Waals surface area contributed by atoms with Gasteiger partial charge in [-0.15, -0.1) is 0 Å². The van der Waals surface area contributed by atoms with Gasteiger partial charge in [-0.1, -0.05) is 17.7 Å². The molecule has 0 aliphatic heterocycles. The highest BCUT2D eigenvalue weighted by Gasteiger charge is 2.10. The number of ether oxygens (including phenoxy) is 2.